The Morgan fingerprint density at radius 1 is 1.16 bits per heavy atom. The molecule has 0 aliphatic carbocycles. The van der Waals surface area contributed by atoms with Crippen LogP contribution in [0.1, 0.15) is 41.4 Å². The molecule has 19 heavy (non-hydrogen) atoms. The highest BCUT2D eigenvalue weighted by atomic mass is 32.2. The van der Waals surface area contributed by atoms with Crippen molar-refractivity contribution >= 4 is 23.1 Å². The van der Waals surface area contributed by atoms with Gasteiger partial charge in [0.25, 0.3) is 0 Å². The second kappa shape index (κ2) is 6.55. The fourth-order valence-electron chi connectivity index (χ4n) is 2.01. The maximum Gasteiger partial charge on any atom is 0.109 e. The van der Waals surface area contributed by atoms with Crippen molar-refractivity contribution in [1.82, 2.24) is 10.3 Å². The van der Waals surface area contributed by atoms with Crippen molar-refractivity contribution in [2.45, 2.75) is 37.8 Å². The molecular weight excluding hydrogens is 272 g/mol. The summed E-state index contributed by atoms with van der Waals surface area (Å²) in [6, 6.07) is 9.36. The summed E-state index contributed by atoms with van der Waals surface area (Å²) >= 11 is 3.54. The van der Waals surface area contributed by atoms with Crippen LogP contribution in [0.2, 0.25) is 0 Å². The molecule has 0 aliphatic rings. The van der Waals surface area contributed by atoms with Crippen molar-refractivity contribution in [2.24, 2.45) is 0 Å². The van der Waals surface area contributed by atoms with Crippen LogP contribution in [-0.2, 0) is 0 Å². The number of aryl methyl sites for hydroxylation is 1. The normalized spacial score (nSPS) is 14.3. The predicted octanol–water partition coefficient (Wildman–Crippen LogP) is 4.59. The van der Waals surface area contributed by atoms with Gasteiger partial charge in [0.05, 0.1) is 6.04 Å². The van der Waals surface area contributed by atoms with E-state index in [2.05, 4.69) is 61.6 Å². The summed E-state index contributed by atoms with van der Waals surface area (Å²) in [5, 5.41) is 4.76. The Morgan fingerprint density at radius 3 is 2.37 bits per heavy atom. The minimum atomic E-state index is 0.286. The molecule has 102 valence electrons. The lowest BCUT2D eigenvalue weighted by atomic mass is 10.1. The largest absolute Gasteiger partial charge is 0.302 e. The second-order valence-electron chi connectivity index (χ2n) is 4.69. The van der Waals surface area contributed by atoms with Crippen molar-refractivity contribution < 1.29 is 0 Å². The molecule has 2 rings (SSSR count). The van der Waals surface area contributed by atoms with Crippen LogP contribution in [0.15, 0.2) is 35.4 Å². The van der Waals surface area contributed by atoms with Gasteiger partial charge in [-0.2, -0.15) is 0 Å². The number of hydrogen-bond donors (Lipinski definition) is 1. The Kier molecular flexibility index (Phi) is 5.02. The predicted molar refractivity (Wildman–Crippen MR) is 85.0 cm³/mol. The molecule has 0 saturated carbocycles. The summed E-state index contributed by atoms with van der Waals surface area (Å²) < 4.78 is 0. The Balaban J connectivity index is 2.01. The van der Waals surface area contributed by atoms with Gasteiger partial charge in [-0.1, -0.05) is 12.1 Å². The molecule has 4 heteroatoms. The van der Waals surface area contributed by atoms with E-state index < -0.39 is 0 Å². The molecule has 1 heterocycles. The first-order chi connectivity index (χ1) is 9.10. The van der Waals surface area contributed by atoms with Crippen molar-refractivity contribution in [3.63, 3.8) is 0 Å². The Bertz CT molecular complexity index is 519. The Hall–Kier alpha value is -0.840. The molecule has 1 aromatic carbocycles. The fourth-order valence-corrected chi connectivity index (χ4v) is 3.20. The molecule has 0 spiro atoms. The van der Waals surface area contributed by atoms with Crippen LogP contribution >= 0.6 is 23.1 Å². The topological polar surface area (TPSA) is 24.9 Å². The van der Waals surface area contributed by atoms with Gasteiger partial charge in [0.15, 0.2) is 0 Å². The molecule has 1 aromatic heterocycles. The molecule has 2 atom stereocenters. The van der Waals surface area contributed by atoms with E-state index in [0.29, 0.717) is 6.04 Å². The average Bonchev–Trinajstić information content (AvgIpc) is 2.85. The van der Waals surface area contributed by atoms with Gasteiger partial charge in [0.1, 0.15) is 5.01 Å². The SMILES string of the molecule is CSc1ccc(C(C)NC(C)c2ncc(C)s2)cc1. The van der Waals surface area contributed by atoms with E-state index in [1.54, 1.807) is 23.1 Å². The van der Waals surface area contributed by atoms with E-state index in [4.69, 9.17) is 0 Å². The number of rotatable bonds is 5. The average molecular weight is 292 g/mol. The van der Waals surface area contributed by atoms with Gasteiger partial charge in [-0.3, -0.25) is 0 Å². The first kappa shape index (κ1) is 14.6. The summed E-state index contributed by atoms with van der Waals surface area (Å²) in [7, 11) is 0. The molecule has 0 saturated heterocycles. The third-order valence-electron chi connectivity index (χ3n) is 3.13. The molecule has 2 unspecified atom stereocenters. The van der Waals surface area contributed by atoms with Crippen LogP contribution in [0.5, 0.6) is 0 Å². The minimum absolute atomic E-state index is 0.286. The summed E-state index contributed by atoms with van der Waals surface area (Å²) in [4.78, 5) is 7.01. The van der Waals surface area contributed by atoms with Gasteiger partial charge >= 0.3 is 0 Å². The zero-order valence-corrected chi connectivity index (χ0v) is 13.4. The smallest absolute Gasteiger partial charge is 0.109 e. The van der Waals surface area contributed by atoms with E-state index in [-0.39, 0.29) is 6.04 Å². The van der Waals surface area contributed by atoms with E-state index in [1.807, 2.05) is 6.20 Å². The second-order valence-corrected chi connectivity index (χ2v) is 6.84. The standard InChI is InChI=1S/C15H20N2S2/c1-10-9-16-15(19-10)12(3)17-11(2)13-5-7-14(18-4)8-6-13/h5-9,11-12,17H,1-4H3. The Labute approximate surface area is 123 Å². The molecule has 0 bridgehead atoms. The van der Waals surface area contributed by atoms with E-state index in [0.717, 1.165) is 5.01 Å². The van der Waals surface area contributed by atoms with Crippen molar-refractivity contribution in [3.8, 4) is 0 Å². The highest BCUT2D eigenvalue weighted by Crippen LogP contribution is 2.24. The highest BCUT2D eigenvalue weighted by molar-refractivity contribution is 7.98. The van der Waals surface area contributed by atoms with Crippen molar-refractivity contribution in [1.29, 1.82) is 0 Å². The molecular formula is C15H20N2S2. The summed E-state index contributed by atoms with van der Waals surface area (Å²) in [5.74, 6) is 0. The number of hydrogen-bond acceptors (Lipinski definition) is 4. The molecule has 2 nitrogen and oxygen atoms in total. The van der Waals surface area contributed by atoms with Gasteiger partial charge in [-0.15, -0.1) is 23.1 Å². The molecule has 0 radical (unpaired) electrons. The lowest BCUT2D eigenvalue weighted by Gasteiger charge is -2.19. The van der Waals surface area contributed by atoms with E-state index >= 15 is 0 Å². The molecule has 0 aliphatic heterocycles. The number of aromatic nitrogens is 1. The third kappa shape index (κ3) is 3.81. The quantitative estimate of drug-likeness (QED) is 0.816. The fraction of sp³-hybridized carbons (Fsp3) is 0.400. The van der Waals surface area contributed by atoms with Crippen LogP contribution < -0.4 is 5.32 Å². The number of benzene rings is 1. The van der Waals surface area contributed by atoms with Crippen LogP contribution in [0.4, 0.5) is 0 Å². The van der Waals surface area contributed by atoms with Crippen LogP contribution in [0.3, 0.4) is 0 Å². The maximum absolute atomic E-state index is 4.44. The van der Waals surface area contributed by atoms with Gasteiger partial charge < -0.3 is 5.32 Å². The Morgan fingerprint density at radius 2 is 1.84 bits per heavy atom. The van der Waals surface area contributed by atoms with Crippen LogP contribution in [0.25, 0.3) is 0 Å². The zero-order chi connectivity index (χ0) is 13.8. The molecule has 0 fully saturated rings. The molecule has 0 amide bonds. The summed E-state index contributed by atoms with van der Waals surface area (Å²) in [6.07, 6.45) is 4.04. The zero-order valence-electron chi connectivity index (χ0n) is 11.8. The third-order valence-corrected chi connectivity index (χ3v) is 4.96. The summed E-state index contributed by atoms with van der Waals surface area (Å²) in [5.41, 5.74) is 1.32. The van der Waals surface area contributed by atoms with Gasteiger partial charge in [-0.05, 0) is 44.7 Å². The monoisotopic (exact) mass is 292 g/mol. The first-order valence-corrected chi connectivity index (χ1v) is 8.46. The van der Waals surface area contributed by atoms with Gasteiger partial charge in [-0.25, -0.2) is 4.98 Å². The first-order valence-electron chi connectivity index (χ1n) is 6.42. The van der Waals surface area contributed by atoms with E-state index in [1.165, 1.54) is 15.3 Å². The van der Waals surface area contributed by atoms with Gasteiger partial charge in [0.2, 0.25) is 0 Å². The summed E-state index contributed by atoms with van der Waals surface area (Å²) in [6.45, 7) is 6.47. The molecule has 2 aromatic rings. The van der Waals surface area contributed by atoms with Crippen molar-refractivity contribution in [3.05, 3.63) is 45.9 Å². The number of nitrogens with one attached hydrogen (secondary N) is 1. The van der Waals surface area contributed by atoms with E-state index in [9.17, 15) is 0 Å². The lowest BCUT2D eigenvalue weighted by molar-refractivity contribution is 0.493. The van der Waals surface area contributed by atoms with Crippen molar-refractivity contribution in [2.75, 3.05) is 6.26 Å². The number of nitrogens with zero attached hydrogens (tertiary/aromatic N) is 1. The highest BCUT2D eigenvalue weighted by Gasteiger charge is 2.13. The van der Waals surface area contributed by atoms with Gasteiger partial charge in [0, 0.05) is 22.0 Å². The molecule has 1 N–H and O–H groups in total. The van der Waals surface area contributed by atoms with Crippen LogP contribution in [-0.4, -0.2) is 11.2 Å². The minimum Gasteiger partial charge on any atom is -0.302 e. The number of thioether (sulfide) groups is 1. The maximum atomic E-state index is 4.44. The van der Waals surface area contributed by atoms with Crippen LogP contribution in [0, 0.1) is 6.92 Å². The lowest BCUT2D eigenvalue weighted by Crippen LogP contribution is -2.22. The number of thiazole rings is 1.